The second-order valence-electron chi connectivity index (χ2n) is 5.87. The Morgan fingerprint density at radius 1 is 0.760 bits per heavy atom. The second-order valence-corrected chi connectivity index (χ2v) is 5.87. The van der Waals surface area contributed by atoms with Gasteiger partial charge in [0.15, 0.2) is 0 Å². The van der Waals surface area contributed by atoms with Gasteiger partial charge in [0.05, 0.1) is 11.1 Å². The molecule has 4 aromatic rings. The van der Waals surface area contributed by atoms with E-state index in [1.54, 1.807) is 6.07 Å². The van der Waals surface area contributed by atoms with Crippen molar-refractivity contribution in [1.29, 1.82) is 0 Å². The van der Waals surface area contributed by atoms with E-state index in [0.717, 1.165) is 22.1 Å². The number of H-pyrrole nitrogens is 1. The highest BCUT2D eigenvalue weighted by Crippen LogP contribution is 2.34. The van der Waals surface area contributed by atoms with Gasteiger partial charge in [-0.2, -0.15) is 5.10 Å². The molecular formula is C20H16N4O. The molecule has 5 heteroatoms. The molecule has 0 aliphatic rings. The molecule has 0 saturated carbocycles. The van der Waals surface area contributed by atoms with Gasteiger partial charge in [0.25, 0.3) is 5.56 Å². The van der Waals surface area contributed by atoms with Crippen molar-refractivity contribution in [2.45, 2.75) is 0 Å². The summed E-state index contributed by atoms with van der Waals surface area (Å²) in [5.74, 6) is 0. The van der Waals surface area contributed by atoms with Crippen LogP contribution in [0.1, 0.15) is 0 Å². The second kappa shape index (κ2) is 5.79. The number of hydrogen-bond donors (Lipinski definition) is 3. The zero-order valence-corrected chi connectivity index (χ0v) is 13.4. The first-order chi connectivity index (χ1) is 12.1. The monoisotopic (exact) mass is 328 g/mol. The van der Waals surface area contributed by atoms with Crippen LogP contribution in [-0.2, 0) is 0 Å². The molecule has 0 radical (unpaired) electrons. The topological polar surface area (TPSA) is 97.8 Å². The quantitative estimate of drug-likeness (QED) is 0.491. The van der Waals surface area contributed by atoms with Gasteiger partial charge >= 0.3 is 0 Å². The van der Waals surface area contributed by atoms with E-state index < -0.39 is 0 Å². The minimum atomic E-state index is -0.216. The number of rotatable bonds is 2. The summed E-state index contributed by atoms with van der Waals surface area (Å²) in [6.45, 7) is 0. The van der Waals surface area contributed by atoms with Crippen LogP contribution in [-0.4, -0.2) is 10.2 Å². The van der Waals surface area contributed by atoms with Gasteiger partial charge in [0, 0.05) is 22.3 Å². The lowest BCUT2D eigenvalue weighted by Crippen LogP contribution is -2.10. The number of benzene rings is 3. The Balaban J connectivity index is 2.07. The third kappa shape index (κ3) is 2.61. The Labute approximate surface area is 143 Å². The molecule has 0 unspecified atom stereocenters. The summed E-state index contributed by atoms with van der Waals surface area (Å²) in [6.07, 6.45) is 0. The van der Waals surface area contributed by atoms with Gasteiger partial charge in [0.1, 0.15) is 0 Å². The van der Waals surface area contributed by atoms with Crippen LogP contribution in [0.4, 0.5) is 11.4 Å². The van der Waals surface area contributed by atoms with Crippen molar-refractivity contribution in [2.75, 3.05) is 11.5 Å². The van der Waals surface area contributed by atoms with Crippen LogP contribution in [0.5, 0.6) is 0 Å². The number of nitrogens with one attached hydrogen (secondary N) is 1. The lowest BCUT2D eigenvalue weighted by atomic mass is 9.95. The molecule has 1 heterocycles. The van der Waals surface area contributed by atoms with E-state index in [9.17, 15) is 4.79 Å². The van der Waals surface area contributed by atoms with E-state index in [-0.39, 0.29) is 5.56 Å². The van der Waals surface area contributed by atoms with Crippen LogP contribution in [0, 0.1) is 0 Å². The van der Waals surface area contributed by atoms with Gasteiger partial charge in [-0.3, -0.25) is 4.79 Å². The summed E-state index contributed by atoms with van der Waals surface area (Å²) in [5, 5.41) is 8.29. The van der Waals surface area contributed by atoms with Crippen molar-refractivity contribution in [1.82, 2.24) is 10.2 Å². The van der Waals surface area contributed by atoms with Crippen molar-refractivity contribution in [3.8, 4) is 22.4 Å². The average Bonchev–Trinajstić information content (AvgIpc) is 2.63. The van der Waals surface area contributed by atoms with Crippen molar-refractivity contribution in [2.24, 2.45) is 0 Å². The van der Waals surface area contributed by atoms with Crippen molar-refractivity contribution >= 4 is 22.1 Å². The van der Waals surface area contributed by atoms with Crippen LogP contribution in [0.2, 0.25) is 0 Å². The Hall–Kier alpha value is -3.60. The maximum atomic E-state index is 12.3. The lowest BCUT2D eigenvalue weighted by molar-refractivity contribution is 1.02. The molecule has 5 nitrogen and oxygen atoms in total. The first-order valence-corrected chi connectivity index (χ1v) is 7.87. The fourth-order valence-corrected chi connectivity index (χ4v) is 2.97. The minimum absolute atomic E-state index is 0.216. The summed E-state index contributed by atoms with van der Waals surface area (Å²) < 4.78 is 0. The zero-order valence-electron chi connectivity index (χ0n) is 13.4. The maximum Gasteiger partial charge on any atom is 0.272 e. The number of nitrogens with two attached hydrogens (primary N) is 2. The lowest BCUT2D eigenvalue weighted by Gasteiger charge is -2.11. The number of aromatic nitrogens is 2. The molecule has 0 saturated heterocycles. The third-order valence-electron chi connectivity index (χ3n) is 4.22. The summed E-state index contributed by atoms with van der Waals surface area (Å²) in [7, 11) is 0. The number of nitrogens with zero attached hydrogens (tertiary/aromatic N) is 1. The van der Waals surface area contributed by atoms with Crippen LogP contribution in [0.15, 0.2) is 71.5 Å². The van der Waals surface area contributed by atoms with E-state index in [1.807, 2.05) is 60.7 Å². The van der Waals surface area contributed by atoms with E-state index >= 15 is 0 Å². The first-order valence-electron chi connectivity index (χ1n) is 7.87. The van der Waals surface area contributed by atoms with Gasteiger partial charge in [-0.1, -0.05) is 36.4 Å². The number of hydrogen-bond acceptors (Lipinski definition) is 4. The predicted octanol–water partition coefficient (Wildman–Crippen LogP) is 3.42. The van der Waals surface area contributed by atoms with Gasteiger partial charge < -0.3 is 11.5 Å². The molecule has 122 valence electrons. The smallest absolute Gasteiger partial charge is 0.272 e. The first kappa shape index (κ1) is 15.0. The van der Waals surface area contributed by atoms with Crippen LogP contribution in [0.3, 0.4) is 0 Å². The highest BCUT2D eigenvalue weighted by Gasteiger charge is 2.14. The van der Waals surface area contributed by atoms with Gasteiger partial charge in [-0.15, -0.1) is 0 Å². The fraction of sp³-hybridized carbons (Fsp3) is 0. The summed E-state index contributed by atoms with van der Waals surface area (Å²) in [5.41, 5.74) is 16.2. The third-order valence-corrected chi connectivity index (χ3v) is 4.22. The van der Waals surface area contributed by atoms with Gasteiger partial charge in [-0.25, -0.2) is 5.10 Å². The number of nitrogen functional groups attached to an aromatic ring is 2. The predicted molar refractivity (Wildman–Crippen MR) is 102 cm³/mol. The summed E-state index contributed by atoms with van der Waals surface area (Å²) in [6, 6.07) is 20.7. The Morgan fingerprint density at radius 3 is 2.00 bits per heavy atom. The molecule has 0 spiro atoms. The van der Waals surface area contributed by atoms with E-state index in [0.29, 0.717) is 22.5 Å². The molecule has 4 rings (SSSR count). The standard InChI is InChI=1S/C20H16N4O/c21-14-8-4-12(5-9-14)16-2-1-3-17-18(16)19(23-24-20(17)25)13-6-10-15(22)11-7-13/h1-11H,21-22H2,(H,24,25). The Bertz CT molecular complexity index is 1060. The SMILES string of the molecule is Nc1ccc(-c2cccc3c(=O)[nH]nc(-c4ccc(N)cc4)c23)cc1. The number of aromatic amines is 1. The average molecular weight is 328 g/mol. The molecule has 0 bridgehead atoms. The molecular weight excluding hydrogens is 312 g/mol. The van der Waals surface area contributed by atoms with Gasteiger partial charge in [0.2, 0.25) is 0 Å². The molecule has 0 aliphatic carbocycles. The molecule has 0 aliphatic heterocycles. The number of fused-ring (bicyclic) bond motifs is 1. The summed E-state index contributed by atoms with van der Waals surface area (Å²) >= 11 is 0. The Morgan fingerprint density at radius 2 is 1.36 bits per heavy atom. The molecule has 0 amide bonds. The molecule has 25 heavy (non-hydrogen) atoms. The number of anilines is 2. The van der Waals surface area contributed by atoms with Crippen molar-refractivity contribution in [3.05, 3.63) is 77.1 Å². The minimum Gasteiger partial charge on any atom is -0.399 e. The molecule has 3 aromatic carbocycles. The molecule has 1 aromatic heterocycles. The van der Waals surface area contributed by atoms with E-state index in [2.05, 4.69) is 10.2 Å². The normalized spacial score (nSPS) is 10.9. The molecule has 5 N–H and O–H groups in total. The maximum absolute atomic E-state index is 12.3. The zero-order chi connectivity index (χ0) is 17.4. The van der Waals surface area contributed by atoms with Crippen LogP contribution < -0.4 is 17.0 Å². The van der Waals surface area contributed by atoms with Gasteiger partial charge in [-0.05, 0) is 41.5 Å². The fourth-order valence-electron chi connectivity index (χ4n) is 2.97. The van der Waals surface area contributed by atoms with Crippen molar-refractivity contribution in [3.63, 3.8) is 0 Å². The Kier molecular flexibility index (Phi) is 3.47. The van der Waals surface area contributed by atoms with E-state index in [4.69, 9.17) is 11.5 Å². The highest BCUT2D eigenvalue weighted by molar-refractivity contribution is 6.04. The molecule has 0 fully saturated rings. The molecule has 0 atom stereocenters. The largest absolute Gasteiger partial charge is 0.399 e. The summed E-state index contributed by atoms with van der Waals surface area (Å²) in [4.78, 5) is 12.3. The highest BCUT2D eigenvalue weighted by atomic mass is 16.1. The van der Waals surface area contributed by atoms with E-state index in [1.165, 1.54) is 0 Å². The van der Waals surface area contributed by atoms with Crippen LogP contribution in [0.25, 0.3) is 33.2 Å². The van der Waals surface area contributed by atoms with Crippen LogP contribution >= 0.6 is 0 Å². The van der Waals surface area contributed by atoms with Crippen molar-refractivity contribution < 1.29 is 0 Å².